The number of fused-ring (bicyclic) bond motifs is 1. The number of methoxy groups -OCH3 is 1. The number of hydrazone groups is 1. The lowest BCUT2D eigenvalue weighted by Crippen LogP contribution is -2.38. The molecule has 0 fully saturated rings. The molecule has 210 valence electrons. The summed E-state index contributed by atoms with van der Waals surface area (Å²) >= 11 is 0. The van der Waals surface area contributed by atoms with Gasteiger partial charge in [-0.3, -0.25) is 9.69 Å². The molecule has 42 heavy (non-hydrogen) atoms. The third-order valence-corrected chi connectivity index (χ3v) is 7.35. The number of aryl methyl sites for hydroxylation is 1. The summed E-state index contributed by atoms with van der Waals surface area (Å²) in [5.41, 5.74) is 4.33. The van der Waals surface area contributed by atoms with E-state index in [2.05, 4.69) is 12.1 Å². The maximum Gasteiger partial charge on any atom is 0.198 e. The van der Waals surface area contributed by atoms with Crippen LogP contribution in [0.5, 0.6) is 11.5 Å². The number of hydrogen-bond donors (Lipinski definition) is 0. The Hall–Kier alpha value is -5.17. The molecule has 0 aromatic heterocycles. The van der Waals surface area contributed by atoms with Gasteiger partial charge in [0, 0.05) is 17.9 Å². The van der Waals surface area contributed by atoms with Gasteiger partial charge >= 0.3 is 0 Å². The van der Waals surface area contributed by atoms with Crippen LogP contribution >= 0.6 is 0 Å². The van der Waals surface area contributed by atoms with Crippen molar-refractivity contribution in [3.05, 3.63) is 132 Å². The minimum Gasteiger partial charge on any atom is -0.493 e. The van der Waals surface area contributed by atoms with E-state index < -0.39 is 6.17 Å². The average molecular weight is 560 g/mol. The van der Waals surface area contributed by atoms with Crippen LogP contribution in [0.4, 0.5) is 15.8 Å². The zero-order valence-electron chi connectivity index (χ0n) is 23.6. The summed E-state index contributed by atoms with van der Waals surface area (Å²) in [5.74, 6) is 0.879. The van der Waals surface area contributed by atoms with Crippen LogP contribution in [-0.4, -0.2) is 18.7 Å². The molecule has 0 radical (unpaired) electrons. The number of carbonyl (C=O) groups is 1. The van der Waals surface area contributed by atoms with Crippen LogP contribution in [0.25, 0.3) is 10.8 Å². The van der Waals surface area contributed by atoms with E-state index in [1.807, 2.05) is 89.6 Å². The van der Waals surface area contributed by atoms with Crippen LogP contribution in [0.3, 0.4) is 0 Å². The second-order valence-corrected chi connectivity index (χ2v) is 10.2. The van der Waals surface area contributed by atoms with E-state index >= 15 is 0 Å². The number of Topliss-reactive ketones (excluding diaryl/α,β-unsaturated/α-hetero) is 1. The van der Waals surface area contributed by atoms with Crippen molar-refractivity contribution in [2.75, 3.05) is 17.0 Å². The van der Waals surface area contributed by atoms with Crippen LogP contribution in [0, 0.1) is 12.7 Å². The molecule has 5 aromatic rings. The number of benzene rings is 5. The lowest BCUT2D eigenvalue weighted by molar-refractivity contribution is -0.111. The summed E-state index contributed by atoms with van der Waals surface area (Å²) < 4.78 is 25.8. The Morgan fingerprint density at radius 3 is 2.33 bits per heavy atom. The molecule has 1 atom stereocenters. The third-order valence-electron chi connectivity index (χ3n) is 7.35. The van der Waals surface area contributed by atoms with Crippen molar-refractivity contribution >= 4 is 33.8 Å². The molecular weight excluding hydrogens is 529 g/mol. The van der Waals surface area contributed by atoms with E-state index in [9.17, 15) is 9.18 Å². The van der Waals surface area contributed by atoms with Gasteiger partial charge in [0.2, 0.25) is 0 Å². The molecule has 5 aromatic carbocycles. The standard InChI is InChI=1S/C35H30FN3O3/c1-23-14-20-28(21-15-23)39-35(30-11-7-13-32(41-3)33(30)42-22-25-16-18-27(36)19-17-25)38(34(37-39)24(2)40)31-12-6-9-26-8-4-5-10-29(26)31/h4-21,35H,22H2,1-3H3/t35-/m1/s1. The minimum atomic E-state index is -0.587. The number of ether oxygens (including phenoxy) is 2. The summed E-state index contributed by atoms with van der Waals surface area (Å²) in [5, 5.41) is 8.81. The normalized spacial score (nSPS) is 14.7. The van der Waals surface area contributed by atoms with Crippen LogP contribution in [0.1, 0.15) is 29.8 Å². The number of nitrogens with zero attached hydrogens (tertiary/aromatic N) is 3. The highest BCUT2D eigenvalue weighted by Gasteiger charge is 2.41. The first-order valence-corrected chi connectivity index (χ1v) is 13.7. The van der Waals surface area contributed by atoms with Crippen LogP contribution < -0.4 is 19.4 Å². The average Bonchev–Trinajstić information content (AvgIpc) is 3.41. The number of hydrogen-bond acceptors (Lipinski definition) is 6. The van der Waals surface area contributed by atoms with Gasteiger partial charge < -0.3 is 9.47 Å². The molecule has 0 amide bonds. The van der Waals surface area contributed by atoms with Gasteiger partial charge in [-0.1, -0.05) is 78.4 Å². The zero-order valence-corrected chi connectivity index (χ0v) is 23.6. The molecule has 7 heteroatoms. The summed E-state index contributed by atoms with van der Waals surface area (Å²) in [6.07, 6.45) is -0.587. The quantitative estimate of drug-likeness (QED) is 0.194. The number of rotatable bonds is 8. The minimum absolute atomic E-state index is 0.167. The molecule has 0 bridgehead atoms. The topological polar surface area (TPSA) is 54.4 Å². The van der Waals surface area contributed by atoms with Gasteiger partial charge in [-0.05, 0) is 54.3 Å². The summed E-state index contributed by atoms with van der Waals surface area (Å²) in [7, 11) is 1.59. The number of amidine groups is 1. The monoisotopic (exact) mass is 559 g/mol. The lowest BCUT2D eigenvalue weighted by Gasteiger charge is -2.34. The Balaban J connectivity index is 1.55. The van der Waals surface area contributed by atoms with E-state index in [0.717, 1.165) is 38.8 Å². The maximum atomic E-state index is 13.6. The number of ketones is 1. The molecular formula is C35H30FN3O3. The molecule has 1 heterocycles. The summed E-state index contributed by atoms with van der Waals surface area (Å²) in [6.45, 7) is 3.76. The highest BCUT2D eigenvalue weighted by molar-refractivity contribution is 6.44. The highest BCUT2D eigenvalue weighted by atomic mass is 19.1. The first-order valence-electron chi connectivity index (χ1n) is 13.7. The van der Waals surface area contributed by atoms with Crippen molar-refractivity contribution in [3.8, 4) is 11.5 Å². The molecule has 0 N–H and O–H groups in total. The molecule has 1 aliphatic heterocycles. The molecule has 1 aliphatic rings. The third kappa shape index (κ3) is 5.05. The molecule has 0 unspecified atom stereocenters. The van der Waals surface area contributed by atoms with Crippen LogP contribution in [0.15, 0.2) is 114 Å². The predicted octanol–water partition coefficient (Wildman–Crippen LogP) is 7.80. The Bertz CT molecular complexity index is 1780. The van der Waals surface area contributed by atoms with Gasteiger partial charge in [0.15, 0.2) is 29.3 Å². The predicted molar refractivity (Wildman–Crippen MR) is 165 cm³/mol. The molecule has 0 aliphatic carbocycles. The highest BCUT2D eigenvalue weighted by Crippen LogP contribution is 2.46. The van der Waals surface area contributed by atoms with Crippen molar-refractivity contribution in [2.45, 2.75) is 26.6 Å². The van der Waals surface area contributed by atoms with Gasteiger partial charge in [-0.25, -0.2) is 9.40 Å². The van der Waals surface area contributed by atoms with Crippen molar-refractivity contribution in [3.63, 3.8) is 0 Å². The maximum absolute atomic E-state index is 13.6. The van der Waals surface area contributed by atoms with E-state index in [0.29, 0.717) is 17.3 Å². The Labute approximate surface area is 244 Å². The number of carbonyl (C=O) groups excluding carboxylic acids is 1. The van der Waals surface area contributed by atoms with Gasteiger partial charge in [0.25, 0.3) is 0 Å². The van der Waals surface area contributed by atoms with Crippen molar-refractivity contribution in [1.82, 2.24) is 0 Å². The summed E-state index contributed by atoms with van der Waals surface area (Å²) in [4.78, 5) is 15.2. The fourth-order valence-electron chi connectivity index (χ4n) is 5.29. The van der Waals surface area contributed by atoms with Gasteiger partial charge in [-0.2, -0.15) is 0 Å². The smallest absolute Gasteiger partial charge is 0.198 e. The van der Waals surface area contributed by atoms with Gasteiger partial charge in [0.1, 0.15) is 12.4 Å². The number of para-hydroxylation sites is 1. The first-order chi connectivity index (χ1) is 20.4. The number of halogens is 1. The zero-order chi connectivity index (χ0) is 29.2. The largest absolute Gasteiger partial charge is 0.493 e. The van der Waals surface area contributed by atoms with Crippen molar-refractivity contribution in [2.24, 2.45) is 5.10 Å². The fraction of sp³-hybridized carbons (Fsp3) is 0.143. The van der Waals surface area contributed by atoms with Crippen molar-refractivity contribution in [1.29, 1.82) is 0 Å². The Morgan fingerprint density at radius 2 is 1.60 bits per heavy atom. The molecule has 6 rings (SSSR count). The molecule has 0 saturated heterocycles. The van der Waals surface area contributed by atoms with E-state index in [1.54, 1.807) is 19.2 Å². The van der Waals surface area contributed by atoms with Gasteiger partial charge in [0.05, 0.1) is 18.5 Å². The van der Waals surface area contributed by atoms with Crippen molar-refractivity contribution < 1.29 is 18.7 Å². The first kappa shape index (κ1) is 27.0. The van der Waals surface area contributed by atoms with Crippen LogP contribution in [-0.2, 0) is 11.4 Å². The number of anilines is 2. The van der Waals surface area contributed by atoms with Gasteiger partial charge in [-0.15, -0.1) is 5.10 Å². The molecule has 0 saturated carbocycles. The van der Waals surface area contributed by atoms with E-state index in [-0.39, 0.29) is 18.2 Å². The second kappa shape index (κ2) is 11.4. The fourth-order valence-corrected chi connectivity index (χ4v) is 5.29. The van der Waals surface area contributed by atoms with E-state index in [1.165, 1.54) is 19.1 Å². The van der Waals surface area contributed by atoms with E-state index in [4.69, 9.17) is 14.6 Å². The second-order valence-electron chi connectivity index (χ2n) is 10.2. The van der Waals surface area contributed by atoms with Crippen LogP contribution in [0.2, 0.25) is 0 Å². The Morgan fingerprint density at radius 1 is 0.881 bits per heavy atom. The SMILES string of the molecule is COc1cccc([C@H]2N(c3ccc(C)cc3)N=C(C(C)=O)N2c2cccc3ccccc23)c1OCc1ccc(F)cc1. The molecule has 6 nitrogen and oxygen atoms in total. The molecule has 0 spiro atoms. The Kier molecular flexibility index (Phi) is 7.32. The summed E-state index contributed by atoms with van der Waals surface area (Å²) in [6, 6.07) is 34.1. The lowest BCUT2D eigenvalue weighted by atomic mass is 10.0.